The van der Waals surface area contributed by atoms with Crippen LogP contribution in [0.4, 0.5) is 0 Å². The molecule has 1 nitrogen and oxygen atoms in total. The van der Waals surface area contributed by atoms with Crippen LogP contribution in [0.1, 0.15) is 116 Å². The van der Waals surface area contributed by atoms with Gasteiger partial charge < -0.3 is 4.74 Å². The molecule has 0 spiro atoms. The second kappa shape index (κ2) is 12.0. The Morgan fingerprint density at radius 2 is 1.33 bits per heavy atom. The topological polar surface area (TPSA) is 9.23 Å². The fourth-order valence-electron chi connectivity index (χ4n) is 4.83. The zero-order valence-electron chi connectivity index (χ0n) is 21.2. The second-order valence-electron chi connectivity index (χ2n) is 10.7. The van der Waals surface area contributed by atoms with Crippen molar-refractivity contribution >= 4 is 5.57 Å². The average molecular weight is 413 g/mol. The molecule has 1 aromatic carbocycles. The first-order valence-corrected chi connectivity index (χ1v) is 12.6. The molecule has 0 aliphatic carbocycles. The Morgan fingerprint density at radius 3 is 1.93 bits per heavy atom. The summed E-state index contributed by atoms with van der Waals surface area (Å²) in [5.41, 5.74) is 6.77. The summed E-state index contributed by atoms with van der Waals surface area (Å²) in [6.07, 6.45) is 12.4. The van der Waals surface area contributed by atoms with E-state index >= 15 is 0 Å². The minimum atomic E-state index is 0.256. The van der Waals surface area contributed by atoms with Crippen molar-refractivity contribution < 1.29 is 4.74 Å². The van der Waals surface area contributed by atoms with E-state index in [1.807, 2.05) is 0 Å². The van der Waals surface area contributed by atoms with E-state index in [0.29, 0.717) is 0 Å². The lowest BCUT2D eigenvalue weighted by Gasteiger charge is -2.30. The average Bonchev–Trinajstić information content (AvgIpc) is 2.68. The van der Waals surface area contributed by atoms with Crippen molar-refractivity contribution in [3.63, 3.8) is 0 Å². The highest BCUT2D eigenvalue weighted by Crippen LogP contribution is 2.40. The standard InChI is InChI=1S/C29H48O/c1-20(2)12-9-13-21(3)14-10-15-22(4)16-11-17-28-26(8)25(7)27-19-18-23(5)24(6)29(27)30-28/h18-22,28H,9-17H2,1-8H3. The van der Waals surface area contributed by atoms with Crippen molar-refractivity contribution in [1.82, 2.24) is 0 Å². The molecule has 0 fully saturated rings. The first kappa shape index (κ1) is 25.0. The highest BCUT2D eigenvalue weighted by Gasteiger charge is 2.25. The molecule has 0 bridgehead atoms. The molecule has 2 rings (SSSR count). The zero-order valence-corrected chi connectivity index (χ0v) is 21.2. The molecule has 1 heterocycles. The minimum absolute atomic E-state index is 0.256. The van der Waals surface area contributed by atoms with E-state index < -0.39 is 0 Å². The lowest BCUT2D eigenvalue weighted by Crippen LogP contribution is -2.24. The zero-order chi connectivity index (χ0) is 22.3. The van der Waals surface area contributed by atoms with E-state index in [4.69, 9.17) is 4.74 Å². The van der Waals surface area contributed by atoms with Gasteiger partial charge in [0.15, 0.2) is 0 Å². The predicted octanol–water partition coefficient (Wildman–Crippen LogP) is 9.30. The molecular formula is C29H48O. The van der Waals surface area contributed by atoms with Gasteiger partial charge in [-0.3, -0.25) is 0 Å². The third-order valence-electron chi connectivity index (χ3n) is 7.45. The molecule has 170 valence electrons. The maximum absolute atomic E-state index is 6.52. The Bertz CT molecular complexity index is 697. The highest BCUT2D eigenvalue weighted by molar-refractivity contribution is 5.75. The number of benzene rings is 1. The maximum Gasteiger partial charge on any atom is 0.130 e. The van der Waals surface area contributed by atoms with Crippen LogP contribution in [0.3, 0.4) is 0 Å². The molecule has 1 aliphatic heterocycles. The SMILES string of the molecule is CC1=C(C)C(CCCC(C)CCCC(C)CCCC(C)C)Oc2c1ccc(C)c2C. The molecule has 0 N–H and O–H groups in total. The molecule has 0 saturated heterocycles. The van der Waals surface area contributed by atoms with Crippen LogP contribution in [0.15, 0.2) is 17.7 Å². The van der Waals surface area contributed by atoms with Crippen molar-refractivity contribution in [3.05, 3.63) is 34.4 Å². The monoisotopic (exact) mass is 412 g/mol. The van der Waals surface area contributed by atoms with E-state index in [0.717, 1.165) is 29.9 Å². The summed E-state index contributed by atoms with van der Waals surface area (Å²) in [5, 5.41) is 0. The Labute approximate surface area is 187 Å². The summed E-state index contributed by atoms with van der Waals surface area (Å²) < 4.78 is 6.52. The quantitative estimate of drug-likeness (QED) is 0.332. The van der Waals surface area contributed by atoms with Crippen LogP contribution in [0.5, 0.6) is 5.75 Å². The van der Waals surface area contributed by atoms with E-state index in [1.54, 1.807) is 0 Å². The molecular weight excluding hydrogens is 364 g/mol. The summed E-state index contributed by atoms with van der Waals surface area (Å²) in [4.78, 5) is 0. The molecule has 1 aliphatic rings. The second-order valence-corrected chi connectivity index (χ2v) is 10.7. The molecule has 0 radical (unpaired) electrons. The molecule has 1 aromatic rings. The smallest absolute Gasteiger partial charge is 0.130 e. The van der Waals surface area contributed by atoms with Crippen molar-refractivity contribution in [2.24, 2.45) is 17.8 Å². The van der Waals surface area contributed by atoms with Crippen molar-refractivity contribution in [3.8, 4) is 5.75 Å². The van der Waals surface area contributed by atoms with Gasteiger partial charge in [0.2, 0.25) is 0 Å². The Hall–Kier alpha value is -1.24. The first-order chi connectivity index (χ1) is 14.2. The Balaban J connectivity index is 1.72. The molecule has 0 aromatic heterocycles. The number of allylic oxidation sites excluding steroid dienone is 1. The molecule has 0 saturated carbocycles. The van der Waals surface area contributed by atoms with Crippen LogP contribution in [0.25, 0.3) is 5.57 Å². The van der Waals surface area contributed by atoms with Gasteiger partial charge in [0.25, 0.3) is 0 Å². The fraction of sp³-hybridized carbons (Fsp3) is 0.724. The Morgan fingerprint density at radius 1 is 0.767 bits per heavy atom. The predicted molar refractivity (Wildman–Crippen MR) is 133 cm³/mol. The van der Waals surface area contributed by atoms with Gasteiger partial charge in [0.1, 0.15) is 11.9 Å². The molecule has 1 heteroatoms. The van der Waals surface area contributed by atoms with Gasteiger partial charge in [-0.15, -0.1) is 0 Å². The van der Waals surface area contributed by atoms with Crippen LogP contribution in [-0.4, -0.2) is 6.10 Å². The van der Waals surface area contributed by atoms with Gasteiger partial charge in [-0.1, -0.05) is 84.8 Å². The minimum Gasteiger partial charge on any atom is -0.485 e. The lowest BCUT2D eigenvalue weighted by atomic mass is 9.88. The molecule has 30 heavy (non-hydrogen) atoms. The van der Waals surface area contributed by atoms with Crippen LogP contribution in [-0.2, 0) is 0 Å². The lowest BCUT2D eigenvalue weighted by molar-refractivity contribution is 0.212. The number of rotatable bonds is 12. The van der Waals surface area contributed by atoms with E-state index in [9.17, 15) is 0 Å². The van der Waals surface area contributed by atoms with Crippen molar-refractivity contribution in [2.45, 2.75) is 119 Å². The van der Waals surface area contributed by atoms with Crippen LogP contribution in [0, 0.1) is 31.6 Å². The van der Waals surface area contributed by atoms with E-state index in [-0.39, 0.29) is 6.10 Å². The van der Waals surface area contributed by atoms with Crippen LogP contribution in [0.2, 0.25) is 0 Å². The Kier molecular flexibility index (Phi) is 9.98. The molecule has 3 unspecified atom stereocenters. The number of hydrogen-bond acceptors (Lipinski definition) is 1. The van der Waals surface area contributed by atoms with Gasteiger partial charge >= 0.3 is 0 Å². The highest BCUT2D eigenvalue weighted by atomic mass is 16.5. The summed E-state index contributed by atoms with van der Waals surface area (Å²) >= 11 is 0. The van der Waals surface area contributed by atoms with Crippen LogP contribution >= 0.6 is 0 Å². The normalized spacial score (nSPS) is 18.4. The van der Waals surface area contributed by atoms with Gasteiger partial charge in [0.05, 0.1) is 0 Å². The van der Waals surface area contributed by atoms with Crippen molar-refractivity contribution in [2.75, 3.05) is 0 Å². The van der Waals surface area contributed by atoms with E-state index in [2.05, 4.69) is 67.5 Å². The van der Waals surface area contributed by atoms with Crippen LogP contribution < -0.4 is 4.74 Å². The summed E-state index contributed by atoms with van der Waals surface area (Å²) in [6, 6.07) is 4.46. The largest absolute Gasteiger partial charge is 0.485 e. The third-order valence-corrected chi connectivity index (χ3v) is 7.45. The third kappa shape index (κ3) is 7.17. The maximum atomic E-state index is 6.52. The van der Waals surface area contributed by atoms with Gasteiger partial charge in [0, 0.05) is 5.56 Å². The fourth-order valence-corrected chi connectivity index (χ4v) is 4.83. The summed E-state index contributed by atoms with van der Waals surface area (Å²) in [6.45, 7) is 18.5. The first-order valence-electron chi connectivity index (χ1n) is 12.6. The number of hydrogen-bond donors (Lipinski definition) is 0. The summed E-state index contributed by atoms with van der Waals surface area (Å²) in [7, 11) is 0. The van der Waals surface area contributed by atoms with Gasteiger partial charge in [-0.2, -0.15) is 0 Å². The van der Waals surface area contributed by atoms with E-state index in [1.165, 1.54) is 79.2 Å². The van der Waals surface area contributed by atoms with Gasteiger partial charge in [-0.05, 0) is 80.6 Å². The number of ether oxygens (including phenoxy) is 1. The van der Waals surface area contributed by atoms with Gasteiger partial charge in [-0.25, -0.2) is 0 Å². The number of fused-ring (bicyclic) bond motifs is 1. The van der Waals surface area contributed by atoms with Crippen molar-refractivity contribution in [1.29, 1.82) is 0 Å². The summed E-state index contributed by atoms with van der Waals surface area (Å²) in [5.74, 6) is 3.71. The number of aryl methyl sites for hydroxylation is 1. The molecule has 0 amide bonds. The molecule has 3 atom stereocenters.